The Morgan fingerprint density at radius 3 is 2.35 bits per heavy atom. The predicted octanol–water partition coefficient (Wildman–Crippen LogP) is 4.39. The van der Waals surface area contributed by atoms with E-state index in [4.69, 9.17) is 4.74 Å². The van der Waals surface area contributed by atoms with E-state index in [1.165, 1.54) is 9.75 Å². The van der Waals surface area contributed by atoms with E-state index in [9.17, 15) is 4.79 Å². The fourth-order valence-corrected chi connectivity index (χ4v) is 3.04. The van der Waals surface area contributed by atoms with E-state index >= 15 is 0 Å². The monoisotopic (exact) mass is 340 g/mol. The summed E-state index contributed by atoms with van der Waals surface area (Å²) in [6.07, 6.45) is -0.243. The first kappa shape index (κ1) is 20.0. The number of likely N-dealkylation sites (N-methyl/N-ethyl adjacent to an activating group) is 1. The van der Waals surface area contributed by atoms with Gasteiger partial charge in [-0.3, -0.25) is 0 Å². The lowest BCUT2D eigenvalue weighted by Gasteiger charge is -2.26. The summed E-state index contributed by atoms with van der Waals surface area (Å²) < 4.78 is 5.41. The molecule has 5 heteroatoms. The van der Waals surface area contributed by atoms with Gasteiger partial charge in [0.05, 0.1) is 0 Å². The van der Waals surface area contributed by atoms with E-state index in [0.717, 1.165) is 13.1 Å². The van der Waals surface area contributed by atoms with Crippen molar-refractivity contribution in [2.24, 2.45) is 0 Å². The van der Waals surface area contributed by atoms with Crippen LogP contribution >= 0.6 is 11.3 Å². The number of hydrogen-bond acceptors (Lipinski definition) is 4. The van der Waals surface area contributed by atoms with Crippen molar-refractivity contribution in [1.82, 2.24) is 10.2 Å². The molecule has 0 atom stereocenters. The summed E-state index contributed by atoms with van der Waals surface area (Å²) in [6, 6.07) is 4.39. The molecule has 0 aliphatic heterocycles. The maximum atomic E-state index is 12.0. The van der Waals surface area contributed by atoms with E-state index in [0.29, 0.717) is 13.1 Å². The molecule has 1 aromatic heterocycles. The summed E-state index contributed by atoms with van der Waals surface area (Å²) in [5.74, 6) is 0. The van der Waals surface area contributed by atoms with Gasteiger partial charge in [0.1, 0.15) is 5.60 Å². The number of nitrogens with one attached hydrogen (secondary N) is 1. The topological polar surface area (TPSA) is 41.6 Å². The Morgan fingerprint density at radius 1 is 1.22 bits per heavy atom. The maximum Gasteiger partial charge on any atom is 0.410 e. The van der Waals surface area contributed by atoms with Crippen LogP contribution in [0.15, 0.2) is 12.1 Å². The molecule has 1 aromatic rings. The Balaban J connectivity index is 2.38. The quantitative estimate of drug-likeness (QED) is 0.781. The van der Waals surface area contributed by atoms with Crippen molar-refractivity contribution in [2.45, 2.75) is 66.0 Å². The van der Waals surface area contributed by atoms with Crippen LogP contribution in [0.25, 0.3) is 0 Å². The minimum Gasteiger partial charge on any atom is -0.444 e. The maximum absolute atomic E-state index is 12.0. The van der Waals surface area contributed by atoms with Crippen LogP contribution in [0.1, 0.15) is 58.2 Å². The lowest BCUT2D eigenvalue weighted by Crippen LogP contribution is -2.40. The molecule has 0 bridgehead atoms. The molecule has 0 fully saturated rings. The van der Waals surface area contributed by atoms with Crippen molar-refractivity contribution in [1.29, 1.82) is 0 Å². The minimum absolute atomic E-state index is 0.207. The van der Waals surface area contributed by atoms with Crippen LogP contribution in [0.3, 0.4) is 0 Å². The number of carbonyl (C=O) groups excluding carboxylic acids is 1. The Morgan fingerprint density at radius 2 is 1.87 bits per heavy atom. The first-order valence-electron chi connectivity index (χ1n) is 8.31. The zero-order valence-corrected chi connectivity index (χ0v) is 16.5. The Labute approximate surface area is 145 Å². The van der Waals surface area contributed by atoms with E-state index < -0.39 is 5.60 Å². The summed E-state index contributed by atoms with van der Waals surface area (Å²) >= 11 is 1.85. The molecule has 0 aliphatic rings. The SMILES string of the molecule is CCN(CCNCc1ccc(C(C)(C)C)s1)C(=O)OC(C)(C)C. The van der Waals surface area contributed by atoms with Crippen molar-refractivity contribution in [3.8, 4) is 0 Å². The molecule has 0 spiro atoms. The molecule has 0 saturated heterocycles. The highest BCUT2D eigenvalue weighted by Gasteiger charge is 2.20. The zero-order valence-electron chi connectivity index (χ0n) is 15.7. The molecule has 1 heterocycles. The van der Waals surface area contributed by atoms with Gasteiger partial charge in [-0.1, -0.05) is 20.8 Å². The number of hydrogen-bond donors (Lipinski definition) is 1. The first-order valence-corrected chi connectivity index (χ1v) is 9.12. The van der Waals surface area contributed by atoms with Crippen molar-refractivity contribution < 1.29 is 9.53 Å². The average molecular weight is 341 g/mol. The van der Waals surface area contributed by atoms with Crippen LogP contribution in [-0.2, 0) is 16.7 Å². The number of ether oxygens (including phenoxy) is 1. The fourth-order valence-electron chi connectivity index (χ4n) is 2.01. The number of nitrogens with zero attached hydrogens (tertiary/aromatic N) is 1. The summed E-state index contributed by atoms with van der Waals surface area (Å²) in [6.45, 7) is 17.2. The van der Waals surface area contributed by atoms with E-state index in [1.807, 2.05) is 39.0 Å². The van der Waals surface area contributed by atoms with Gasteiger partial charge in [-0.15, -0.1) is 11.3 Å². The lowest BCUT2D eigenvalue weighted by atomic mass is 9.95. The molecule has 23 heavy (non-hydrogen) atoms. The molecular weight excluding hydrogens is 308 g/mol. The highest BCUT2D eigenvalue weighted by molar-refractivity contribution is 7.12. The number of amides is 1. The van der Waals surface area contributed by atoms with E-state index in [-0.39, 0.29) is 11.5 Å². The van der Waals surface area contributed by atoms with Gasteiger partial charge in [-0.2, -0.15) is 0 Å². The predicted molar refractivity (Wildman–Crippen MR) is 98.2 cm³/mol. The molecule has 1 amide bonds. The second-order valence-electron chi connectivity index (χ2n) is 7.75. The second-order valence-corrected chi connectivity index (χ2v) is 8.92. The molecule has 4 nitrogen and oxygen atoms in total. The van der Waals surface area contributed by atoms with Crippen LogP contribution in [-0.4, -0.2) is 36.2 Å². The van der Waals surface area contributed by atoms with Gasteiger partial charge in [0.25, 0.3) is 0 Å². The molecule has 0 radical (unpaired) electrons. The van der Waals surface area contributed by atoms with E-state index in [2.05, 4.69) is 38.2 Å². The first-order chi connectivity index (χ1) is 10.5. The van der Waals surface area contributed by atoms with Crippen LogP contribution in [0.5, 0.6) is 0 Å². The van der Waals surface area contributed by atoms with Gasteiger partial charge in [0, 0.05) is 35.9 Å². The third-order valence-electron chi connectivity index (χ3n) is 3.29. The Hall–Kier alpha value is -1.07. The molecule has 1 rings (SSSR count). The highest BCUT2D eigenvalue weighted by atomic mass is 32.1. The largest absolute Gasteiger partial charge is 0.444 e. The molecule has 0 unspecified atom stereocenters. The zero-order chi connectivity index (χ0) is 17.7. The fraction of sp³-hybridized carbons (Fsp3) is 0.722. The summed E-state index contributed by atoms with van der Waals surface area (Å²) in [7, 11) is 0. The van der Waals surface area contributed by atoms with Crippen molar-refractivity contribution in [2.75, 3.05) is 19.6 Å². The number of thiophene rings is 1. The minimum atomic E-state index is -0.446. The molecular formula is C18H32N2O2S. The molecule has 1 N–H and O–H groups in total. The molecule has 0 saturated carbocycles. The lowest BCUT2D eigenvalue weighted by molar-refractivity contribution is 0.0262. The summed E-state index contributed by atoms with van der Waals surface area (Å²) in [4.78, 5) is 16.5. The number of rotatable bonds is 6. The molecule has 132 valence electrons. The third kappa shape index (κ3) is 7.36. The Bertz CT molecular complexity index is 498. The van der Waals surface area contributed by atoms with Gasteiger partial charge in [-0.05, 0) is 45.2 Å². The van der Waals surface area contributed by atoms with Gasteiger partial charge in [-0.25, -0.2) is 4.79 Å². The van der Waals surface area contributed by atoms with Gasteiger partial charge in [0.15, 0.2) is 0 Å². The summed E-state index contributed by atoms with van der Waals surface area (Å²) in [5, 5.41) is 3.41. The van der Waals surface area contributed by atoms with Gasteiger partial charge < -0.3 is 15.0 Å². The van der Waals surface area contributed by atoms with Crippen molar-refractivity contribution >= 4 is 17.4 Å². The van der Waals surface area contributed by atoms with Crippen molar-refractivity contribution in [3.63, 3.8) is 0 Å². The standard InChI is InChI=1S/C18H32N2O2S/c1-8-20(16(21)22-18(5,6)7)12-11-19-13-14-9-10-15(23-14)17(2,3)4/h9-10,19H,8,11-13H2,1-7H3. The van der Waals surface area contributed by atoms with Crippen LogP contribution < -0.4 is 5.32 Å². The smallest absolute Gasteiger partial charge is 0.410 e. The Kier molecular flexibility index (Phi) is 7.08. The summed E-state index contributed by atoms with van der Waals surface area (Å²) in [5.41, 5.74) is -0.239. The number of carbonyl (C=O) groups is 1. The normalized spacial score (nSPS) is 12.3. The van der Waals surface area contributed by atoms with Crippen LogP contribution in [0.2, 0.25) is 0 Å². The van der Waals surface area contributed by atoms with Crippen LogP contribution in [0.4, 0.5) is 4.79 Å². The highest BCUT2D eigenvalue weighted by Crippen LogP contribution is 2.29. The molecule has 0 aliphatic carbocycles. The van der Waals surface area contributed by atoms with Crippen LogP contribution in [0, 0.1) is 0 Å². The third-order valence-corrected chi connectivity index (χ3v) is 4.80. The van der Waals surface area contributed by atoms with Gasteiger partial charge >= 0.3 is 6.09 Å². The second kappa shape index (κ2) is 8.15. The van der Waals surface area contributed by atoms with E-state index in [1.54, 1.807) is 4.90 Å². The van der Waals surface area contributed by atoms with Gasteiger partial charge in [0.2, 0.25) is 0 Å². The van der Waals surface area contributed by atoms with Crippen molar-refractivity contribution in [3.05, 3.63) is 21.9 Å². The molecule has 0 aromatic carbocycles. The average Bonchev–Trinajstić information content (AvgIpc) is 2.85.